The molecular formula is C13H18F3NOS2. The number of aryl methyl sites for hydroxylation is 1. The number of thiol groups is 1. The van der Waals surface area contributed by atoms with Crippen molar-refractivity contribution in [3.05, 3.63) is 23.8 Å². The van der Waals surface area contributed by atoms with Gasteiger partial charge in [-0.1, -0.05) is 0 Å². The first-order valence-electron chi connectivity index (χ1n) is 6.05. The van der Waals surface area contributed by atoms with Crippen LogP contribution in [0.25, 0.3) is 0 Å². The van der Waals surface area contributed by atoms with Crippen molar-refractivity contribution in [2.24, 2.45) is 0 Å². The summed E-state index contributed by atoms with van der Waals surface area (Å²) in [7, 11) is 1.96. The van der Waals surface area contributed by atoms with E-state index in [1.54, 1.807) is 30.1 Å². The fraction of sp³-hybridized carbons (Fsp3) is 0.538. The van der Waals surface area contributed by atoms with Crippen LogP contribution in [0.1, 0.15) is 12.5 Å². The average Bonchev–Trinajstić information content (AvgIpc) is 2.37. The van der Waals surface area contributed by atoms with Crippen molar-refractivity contribution in [1.29, 1.82) is 0 Å². The summed E-state index contributed by atoms with van der Waals surface area (Å²) in [5.74, 6) is 0.962. The first-order valence-corrected chi connectivity index (χ1v) is 7.45. The lowest BCUT2D eigenvalue weighted by molar-refractivity contribution is -0.153. The van der Waals surface area contributed by atoms with Gasteiger partial charge in [-0.05, 0) is 56.6 Å². The Labute approximate surface area is 127 Å². The average molecular weight is 325 g/mol. The Balaban J connectivity index is 2.68. The van der Waals surface area contributed by atoms with Crippen molar-refractivity contribution < 1.29 is 17.9 Å². The van der Waals surface area contributed by atoms with Crippen molar-refractivity contribution in [3.8, 4) is 5.75 Å². The van der Waals surface area contributed by atoms with E-state index >= 15 is 0 Å². The number of benzene rings is 1. The molecule has 0 bridgehead atoms. The molecule has 0 amide bonds. The summed E-state index contributed by atoms with van der Waals surface area (Å²) in [6.07, 6.45) is -4.32. The molecule has 1 aromatic carbocycles. The lowest BCUT2D eigenvalue weighted by atomic mass is 10.2. The van der Waals surface area contributed by atoms with Crippen LogP contribution in [0, 0.1) is 6.92 Å². The van der Waals surface area contributed by atoms with Crippen LogP contribution >= 0.6 is 24.6 Å². The minimum absolute atomic E-state index is 0.231. The molecule has 0 N–H and O–H groups in total. The highest BCUT2D eigenvalue weighted by Gasteiger charge is 2.28. The molecule has 0 heterocycles. The zero-order valence-corrected chi connectivity index (χ0v) is 13.3. The van der Waals surface area contributed by atoms with Crippen molar-refractivity contribution in [1.82, 2.24) is 4.31 Å². The summed E-state index contributed by atoms with van der Waals surface area (Å²) in [5, 5.41) is 0. The topological polar surface area (TPSA) is 12.5 Å². The van der Waals surface area contributed by atoms with E-state index in [2.05, 4.69) is 23.9 Å². The van der Waals surface area contributed by atoms with E-state index in [0.717, 1.165) is 16.2 Å². The van der Waals surface area contributed by atoms with Gasteiger partial charge in [-0.15, -0.1) is 0 Å². The predicted molar refractivity (Wildman–Crippen MR) is 79.7 cm³/mol. The maximum absolute atomic E-state index is 12.1. The van der Waals surface area contributed by atoms with E-state index < -0.39 is 12.8 Å². The largest absolute Gasteiger partial charge is 0.484 e. The molecule has 0 saturated heterocycles. The smallest absolute Gasteiger partial charge is 0.422 e. The van der Waals surface area contributed by atoms with E-state index in [0.29, 0.717) is 6.04 Å². The standard InChI is InChI=1S/C13H18F3NOS2/c1-9-6-11(18-8-13(14,15)16)4-5-12(9)20-17(3)10(2)7-19/h4-6,10,19H,7-8H2,1-3H3/t10-/m1/s1. The minimum Gasteiger partial charge on any atom is -0.484 e. The van der Waals surface area contributed by atoms with E-state index in [1.807, 2.05) is 14.0 Å². The molecule has 114 valence electrons. The van der Waals surface area contributed by atoms with Gasteiger partial charge in [0.1, 0.15) is 5.75 Å². The molecule has 0 spiro atoms. The molecular weight excluding hydrogens is 307 g/mol. The molecule has 0 aliphatic rings. The van der Waals surface area contributed by atoms with Crippen LogP contribution in [-0.4, -0.2) is 35.9 Å². The normalized spacial score (nSPS) is 13.6. The molecule has 1 aromatic rings. The highest BCUT2D eigenvalue weighted by molar-refractivity contribution is 7.97. The van der Waals surface area contributed by atoms with Crippen LogP contribution in [0.3, 0.4) is 0 Å². The number of alkyl halides is 3. The molecule has 0 saturated carbocycles. The lowest BCUT2D eigenvalue weighted by Gasteiger charge is -2.22. The van der Waals surface area contributed by atoms with E-state index in [9.17, 15) is 13.2 Å². The first kappa shape index (κ1) is 17.5. The molecule has 7 heteroatoms. The van der Waals surface area contributed by atoms with Gasteiger partial charge in [0.2, 0.25) is 0 Å². The van der Waals surface area contributed by atoms with E-state index in [4.69, 9.17) is 4.74 Å². The fourth-order valence-corrected chi connectivity index (χ4v) is 2.59. The van der Waals surface area contributed by atoms with Crippen LogP contribution in [0.15, 0.2) is 23.1 Å². The summed E-state index contributed by atoms with van der Waals surface area (Å²) in [5.41, 5.74) is 0.882. The van der Waals surface area contributed by atoms with Gasteiger partial charge in [0.25, 0.3) is 0 Å². The summed E-state index contributed by atoms with van der Waals surface area (Å²) in [6, 6.07) is 5.24. The molecule has 1 rings (SSSR count). The Hall–Kier alpha value is -0.530. The molecule has 1 atom stereocenters. The number of hydrogen-bond acceptors (Lipinski definition) is 4. The molecule has 0 aliphatic heterocycles. The second-order valence-corrected chi connectivity index (χ2v) is 6.06. The number of halogens is 3. The zero-order valence-electron chi connectivity index (χ0n) is 11.6. The van der Waals surface area contributed by atoms with Gasteiger partial charge < -0.3 is 4.74 Å². The zero-order chi connectivity index (χ0) is 15.3. The summed E-state index contributed by atoms with van der Waals surface area (Å²) in [4.78, 5) is 0.987. The summed E-state index contributed by atoms with van der Waals surface area (Å²) < 4.78 is 43.0. The molecule has 0 aliphatic carbocycles. The maximum Gasteiger partial charge on any atom is 0.422 e. The Morgan fingerprint density at radius 2 is 2.05 bits per heavy atom. The Morgan fingerprint density at radius 3 is 2.55 bits per heavy atom. The molecule has 0 fully saturated rings. The quantitative estimate of drug-likeness (QED) is 0.622. The fourth-order valence-electron chi connectivity index (χ4n) is 1.34. The van der Waals surface area contributed by atoms with Crippen molar-refractivity contribution in [2.75, 3.05) is 19.4 Å². The van der Waals surface area contributed by atoms with Gasteiger partial charge in [-0.3, -0.25) is 0 Å². The summed E-state index contributed by atoms with van der Waals surface area (Å²) in [6.45, 7) is 2.63. The van der Waals surface area contributed by atoms with E-state index in [-0.39, 0.29) is 5.75 Å². The number of hydrogen-bond donors (Lipinski definition) is 1. The SMILES string of the molecule is Cc1cc(OCC(F)(F)F)ccc1SN(C)[C@H](C)CS. The lowest BCUT2D eigenvalue weighted by Crippen LogP contribution is -2.23. The van der Waals surface area contributed by atoms with Gasteiger partial charge in [0, 0.05) is 16.7 Å². The molecule has 0 unspecified atom stereocenters. The van der Waals surface area contributed by atoms with Crippen molar-refractivity contribution in [2.45, 2.75) is 31.0 Å². The van der Waals surface area contributed by atoms with Crippen LogP contribution in [-0.2, 0) is 0 Å². The molecule has 2 nitrogen and oxygen atoms in total. The third-order valence-corrected chi connectivity index (χ3v) is 4.51. The first-order chi connectivity index (χ1) is 9.23. The molecule has 0 aromatic heterocycles. The Kier molecular flexibility index (Phi) is 6.54. The van der Waals surface area contributed by atoms with Crippen LogP contribution in [0.5, 0.6) is 5.75 Å². The van der Waals surface area contributed by atoms with Gasteiger partial charge >= 0.3 is 6.18 Å². The number of nitrogens with zero attached hydrogens (tertiary/aromatic N) is 1. The Morgan fingerprint density at radius 1 is 1.40 bits per heavy atom. The second-order valence-electron chi connectivity index (χ2n) is 4.50. The maximum atomic E-state index is 12.1. The third kappa shape index (κ3) is 5.85. The van der Waals surface area contributed by atoms with Gasteiger partial charge in [-0.2, -0.15) is 25.8 Å². The number of ether oxygens (including phenoxy) is 1. The van der Waals surface area contributed by atoms with Gasteiger partial charge in [0.05, 0.1) is 0 Å². The predicted octanol–water partition coefficient (Wildman–Crippen LogP) is 4.19. The summed E-state index contributed by atoms with van der Waals surface area (Å²) >= 11 is 5.78. The highest BCUT2D eigenvalue weighted by atomic mass is 32.2. The van der Waals surface area contributed by atoms with Crippen molar-refractivity contribution in [3.63, 3.8) is 0 Å². The third-order valence-electron chi connectivity index (χ3n) is 2.68. The van der Waals surface area contributed by atoms with Crippen molar-refractivity contribution >= 4 is 24.6 Å². The highest BCUT2D eigenvalue weighted by Crippen LogP contribution is 2.30. The Bertz CT molecular complexity index is 440. The van der Waals surface area contributed by atoms with Crippen LogP contribution < -0.4 is 4.74 Å². The monoisotopic (exact) mass is 325 g/mol. The van der Waals surface area contributed by atoms with Crippen LogP contribution in [0.2, 0.25) is 0 Å². The number of rotatable bonds is 6. The molecule has 20 heavy (non-hydrogen) atoms. The second kappa shape index (κ2) is 7.47. The van der Waals surface area contributed by atoms with Gasteiger partial charge in [-0.25, -0.2) is 4.31 Å². The minimum atomic E-state index is -4.32. The van der Waals surface area contributed by atoms with Crippen LogP contribution in [0.4, 0.5) is 13.2 Å². The van der Waals surface area contributed by atoms with Gasteiger partial charge in [0.15, 0.2) is 6.61 Å². The molecule has 0 radical (unpaired) electrons. The van der Waals surface area contributed by atoms with E-state index in [1.165, 1.54) is 0 Å².